The highest BCUT2D eigenvalue weighted by Crippen LogP contribution is 2.79. The van der Waals surface area contributed by atoms with Crippen molar-refractivity contribution in [3.05, 3.63) is 0 Å². The molecular weight excluding hydrogens is 136 g/mol. The van der Waals surface area contributed by atoms with E-state index in [1.165, 1.54) is 12.8 Å². The summed E-state index contributed by atoms with van der Waals surface area (Å²) in [6.07, 6.45) is 4.88. The van der Waals surface area contributed by atoms with Crippen LogP contribution in [-0.4, -0.2) is 0 Å². The molecule has 2 heteroatoms. The second kappa shape index (κ2) is 1.77. The van der Waals surface area contributed by atoms with Crippen molar-refractivity contribution in [3.8, 4) is 12.1 Å². The molecule has 0 amide bonds. The first-order valence-electron chi connectivity index (χ1n) is 4.07. The number of hydrogen-bond acceptors (Lipinski definition) is 2. The molecule has 0 N–H and O–H groups in total. The molecule has 2 rings (SSSR count). The van der Waals surface area contributed by atoms with Crippen LogP contribution in [0.3, 0.4) is 0 Å². The fourth-order valence-electron chi connectivity index (χ4n) is 2.18. The number of nitrogens with zero attached hydrogens (tertiary/aromatic N) is 2. The van der Waals surface area contributed by atoms with Crippen molar-refractivity contribution in [1.82, 2.24) is 0 Å². The molecule has 0 aliphatic heterocycles. The summed E-state index contributed by atoms with van der Waals surface area (Å²) in [5.41, 5.74) is 0.335. The van der Waals surface area contributed by atoms with Gasteiger partial charge >= 0.3 is 0 Å². The second-order valence-electron chi connectivity index (χ2n) is 3.81. The quantitative estimate of drug-likeness (QED) is 0.598. The molecule has 2 aliphatic carbocycles. The Kier molecular flexibility index (Phi) is 1.07. The van der Waals surface area contributed by atoms with E-state index in [1.54, 1.807) is 0 Å². The van der Waals surface area contributed by atoms with Gasteiger partial charge in [-0.3, -0.25) is 0 Å². The van der Waals surface area contributed by atoms with Gasteiger partial charge in [0.25, 0.3) is 0 Å². The van der Waals surface area contributed by atoms with E-state index in [0.717, 1.165) is 12.8 Å². The summed E-state index contributed by atoms with van der Waals surface area (Å²) in [7, 11) is 0. The Bertz CT molecular complexity index is 264. The van der Waals surface area contributed by atoms with Crippen LogP contribution >= 0.6 is 0 Å². The minimum absolute atomic E-state index is 0.0667. The van der Waals surface area contributed by atoms with Crippen molar-refractivity contribution in [2.24, 2.45) is 10.8 Å². The van der Waals surface area contributed by atoms with Crippen LogP contribution in [0.5, 0.6) is 0 Å². The van der Waals surface area contributed by atoms with Gasteiger partial charge in [0.15, 0.2) is 0 Å². The lowest BCUT2D eigenvalue weighted by atomic mass is 9.98. The molecule has 0 heterocycles. The molecule has 0 saturated heterocycles. The van der Waals surface area contributed by atoms with Crippen molar-refractivity contribution in [2.45, 2.75) is 32.1 Å². The zero-order valence-electron chi connectivity index (χ0n) is 6.43. The molecular formula is C9H10N2. The maximum Gasteiger partial charge on any atom is 0.0696 e. The molecule has 0 aromatic heterocycles. The molecule has 0 bridgehead atoms. The number of rotatable bonds is 2. The fourth-order valence-corrected chi connectivity index (χ4v) is 2.18. The standard InChI is InChI=1S/C9H10N2/c10-5-1-2-9(7-11)6-8(9)3-4-8/h1-4,6H2. The lowest BCUT2D eigenvalue weighted by Crippen LogP contribution is -1.99. The van der Waals surface area contributed by atoms with Crippen molar-refractivity contribution in [3.63, 3.8) is 0 Å². The summed E-state index contributed by atoms with van der Waals surface area (Å²) >= 11 is 0. The van der Waals surface area contributed by atoms with E-state index in [9.17, 15) is 0 Å². The summed E-state index contributed by atoms with van der Waals surface area (Å²) < 4.78 is 0. The molecule has 1 spiro atoms. The number of nitriles is 2. The van der Waals surface area contributed by atoms with E-state index in [4.69, 9.17) is 10.5 Å². The topological polar surface area (TPSA) is 47.6 Å². The first kappa shape index (κ1) is 6.68. The smallest absolute Gasteiger partial charge is 0.0696 e. The van der Waals surface area contributed by atoms with Crippen LogP contribution in [0.2, 0.25) is 0 Å². The van der Waals surface area contributed by atoms with E-state index in [-0.39, 0.29) is 5.41 Å². The van der Waals surface area contributed by atoms with Crippen LogP contribution in [0, 0.1) is 33.5 Å². The Labute approximate surface area is 66.4 Å². The van der Waals surface area contributed by atoms with Crippen LogP contribution in [0.15, 0.2) is 0 Å². The van der Waals surface area contributed by atoms with Crippen molar-refractivity contribution < 1.29 is 0 Å². The minimum Gasteiger partial charge on any atom is -0.198 e. The van der Waals surface area contributed by atoms with Gasteiger partial charge in [0.2, 0.25) is 0 Å². The van der Waals surface area contributed by atoms with Gasteiger partial charge in [-0.1, -0.05) is 0 Å². The summed E-state index contributed by atoms with van der Waals surface area (Å²) in [6, 6.07) is 4.50. The molecule has 56 valence electrons. The average molecular weight is 146 g/mol. The third kappa shape index (κ3) is 0.701. The predicted octanol–water partition coefficient (Wildman–Crippen LogP) is 1.98. The van der Waals surface area contributed by atoms with Gasteiger partial charge in [0.05, 0.1) is 17.6 Å². The Balaban J connectivity index is 2.01. The summed E-state index contributed by atoms with van der Waals surface area (Å²) in [5.74, 6) is 0. The number of hydrogen-bond donors (Lipinski definition) is 0. The van der Waals surface area contributed by atoms with Crippen molar-refractivity contribution in [2.75, 3.05) is 0 Å². The van der Waals surface area contributed by atoms with E-state index < -0.39 is 0 Å². The lowest BCUT2D eigenvalue weighted by Gasteiger charge is -2.01. The molecule has 2 saturated carbocycles. The molecule has 2 aliphatic rings. The maximum absolute atomic E-state index is 8.90. The van der Waals surface area contributed by atoms with E-state index >= 15 is 0 Å². The maximum atomic E-state index is 8.90. The average Bonchev–Trinajstić information content (AvgIpc) is 2.91. The lowest BCUT2D eigenvalue weighted by molar-refractivity contribution is 0.532. The van der Waals surface area contributed by atoms with E-state index in [0.29, 0.717) is 11.8 Å². The van der Waals surface area contributed by atoms with Gasteiger partial charge in [-0.05, 0) is 31.1 Å². The normalized spacial score (nSPS) is 35.8. The highest BCUT2D eigenvalue weighted by molar-refractivity contribution is 5.30. The van der Waals surface area contributed by atoms with Crippen LogP contribution < -0.4 is 0 Å². The summed E-state index contributed by atoms with van der Waals surface area (Å²) in [6.45, 7) is 0. The molecule has 1 atom stereocenters. The third-order valence-electron chi connectivity index (χ3n) is 3.26. The molecule has 2 nitrogen and oxygen atoms in total. The minimum atomic E-state index is -0.0667. The Hall–Kier alpha value is -1.02. The molecule has 0 radical (unpaired) electrons. The summed E-state index contributed by atoms with van der Waals surface area (Å²) in [5, 5.41) is 17.3. The second-order valence-corrected chi connectivity index (χ2v) is 3.81. The van der Waals surface area contributed by atoms with E-state index in [1.807, 2.05) is 0 Å². The third-order valence-corrected chi connectivity index (χ3v) is 3.26. The monoisotopic (exact) mass is 146 g/mol. The SMILES string of the molecule is N#CCCC1(C#N)CC12CC2. The van der Waals surface area contributed by atoms with Gasteiger partial charge in [0.1, 0.15) is 0 Å². The molecule has 1 unspecified atom stereocenters. The summed E-state index contributed by atoms with van der Waals surface area (Å²) in [4.78, 5) is 0. The van der Waals surface area contributed by atoms with Crippen molar-refractivity contribution >= 4 is 0 Å². The largest absolute Gasteiger partial charge is 0.198 e. The van der Waals surface area contributed by atoms with Gasteiger partial charge < -0.3 is 0 Å². The van der Waals surface area contributed by atoms with Crippen LogP contribution in [0.25, 0.3) is 0 Å². The van der Waals surface area contributed by atoms with Gasteiger partial charge in [-0.25, -0.2) is 0 Å². The highest BCUT2D eigenvalue weighted by atomic mass is 14.8. The van der Waals surface area contributed by atoms with Gasteiger partial charge in [-0.15, -0.1) is 0 Å². The zero-order valence-corrected chi connectivity index (χ0v) is 6.43. The van der Waals surface area contributed by atoms with E-state index in [2.05, 4.69) is 12.1 Å². The predicted molar refractivity (Wildman–Crippen MR) is 39.2 cm³/mol. The van der Waals surface area contributed by atoms with Crippen LogP contribution in [-0.2, 0) is 0 Å². The van der Waals surface area contributed by atoms with Crippen LogP contribution in [0.1, 0.15) is 32.1 Å². The van der Waals surface area contributed by atoms with Gasteiger partial charge in [0, 0.05) is 6.42 Å². The van der Waals surface area contributed by atoms with Gasteiger partial charge in [-0.2, -0.15) is 10.5 Å². The first-order chi connectivity index (χ1) is 5.29. The van der Waals surface area contributed by atoms with Crippen molar-refractivity contribution in [1.29, 1.82) is 10.5 Å². The molecule has 2 fully saturated rings. The van der Waals surface area contributed by atoms with Crippen LogP contribution in [0.4, 0.5) is 0 Å². The zero-order chi connectivity index (χ0) is 7.95. The fraction of sp³-hybridized carbons (Fsp3) is 0.778. The Morgan fingerprint density at radius 1 is 1.27 bits per heavy atom. The first-order valence-corrected chi connectivity index (χ1v) is 4.07. The highest BCUT2D eigenvalue weighted by Gasteiger charge is 2.74. The molecule has 11 heavy (non-hydrogen) atoms. The Morgan fingerprint density at radius 2 is 2.00 bits per heavy atom. The molecule has 0 aromatic carbocycles. The Morgan fingerprint density at radius 3 is 2.36 bits per heavy atom. The molecule has 0 aromatic rings.